The summed E-state index contributed by atoms with van der Waals surface area (Å²) < 4.78 is 10.9. The number of ether oxygens (including phenoxy) is 1. The number of nitrogens with zero attached hydrogens (tertiary/aromatic N) is 1. The fourth-order valence-electron chi connectivity index (χ4n) is 2.62. The molecule has 22 heavy (non-hydrogen) atoms. The van der Waals surface area contributed by atoms with Crippen molar-refractivity contribution >= 4 is 17.5 Å². The van der Waals surface area contributed by atoms with Gasteiger partial charge in [0.15, 0.2) is 5.76 Å². The highest BCUT2D eigenvalue weighted by Gasteiger charge is 2.24. The lowest BCUT2D eigenvalue weighted by atomic mass is 10.1. The molecule has 0 spiro atoms. The van der Waals surface area contributed by atoms with Gasteiger partial charge in [-0.3, -0.25) is 4.79 Å². The van der Waals surface area contributed by atoms with Crippen LogP contribution < -0.4 is 0 Å². The molecule has 1 aliphatic rings. The minimum atomic E-state index is -0.115. The Morgan fingerprint density at radius 3 is 2.73 bits per heavy atom. The number of halogens is 1. The zero-order valence-electron chi connectivity index (χ0n) is 12.2. The highest BCUT2D eigenvalue weighted by atomic mass is 35.5. The summed E-state index contributed by atoms with van der Waals surface area (Å²) in [6.07, 6.45) is 3.66. The number of benzene rings is 1. The number of rotatable bonds is 5. The van der Waals surface area contributed by atoms with E-state index in [1.807, 2.05) is 24.3 Å². The van der Waals surface area contributed by atoms with Crippen molar-refractivity contribution < 1.29 is 13.9 Å². The van der Waals surface area contributed by atoms with Crippen LogP contribution in [-0.4, -0.2) is 30.1 Å². The Bertz CT molecular complexity index is 603. The van der Waals surface area contributed by atoms with Crippen LogP contribution in [0.25, 0.3) is 0 Å². The van der Waals surface area contributed by atoms with Crippen molar-refractivity contribution in [3.05, 3.63) is 59.0 Å². The maximum absolute atomic E-state index is 12.6. The van der Waals surface area contributed by atoms with Gasteiger partial charge in [-0.15, -0.1) is 0 Å². The van der Waals surface area contributed by atoms with Crippen LogP contribution in [0.2, 0.25) is 5.02 Å². The van der Waals surface area contributed by atoms with Gasteiger partial charge in [0.25, 0.3) is 5.91 Å². The molecule has 2 heterocycles. The molecule has 0 saturated carbocycles. The SMILES string of the molecule is O=C(c1ccco1)N(Cc1ccc(Cl)cc1)CC1CCCO1. The first-order valence-electron chi connectivity index (χ1n) is 7.41. The molecule has 1 saturated heterocycles. The normalized spacial score (nSPS) is 17.6. The molecule has 1 atom stereocenters. The van der Waals surface area contributed by atoms with Crippen molar-refractivity contribution in [1.82, 2.24) is 4.90 Å². The van der Waals surface area contributed by atoms with Crippen LogP contribution in [-0.2, 0) is 11.3 Å². The van der Waals surface area contributed by atoms with E-state index in [1.165, 1.54) is 6.26 Å². The van der Waals surface area contributed by atoms with E-state index < -0.39 is 0 Å². The molecule has 116 valence electrons. The summed E-state index contributed by atoms with van der Waals surface area (Å²) in [4.78, 5) is 14.4. The lowest BCUT2D eigenvalue weighted by molar-refractivity contribution is 0.0484. The molecule has 0 bridgehead atoms. The number of hydrogen-bond donors (Lipinski definition) is 0. The van der Waals surface area contributed by atoms with Crippen LogP contribution in [0.5, 0.6) is 0 Å². The average Bonchev–Trinajstić information content (AvgIpc) is 3.21. The quantitative estimate of drug-likeness (QED) is 0.843. The second-order valence-corrected chi connectivity index (χ2v) is 5.86. The van der Waals surface area contributed by atoms with Crippen molar-refractivity contribution in [3.8, 4) is 0 Å². The molecule has 1 aromatic carbocycles. The van der Waals surface area contributed by atoms with Crippen molar-refractivity contribution in [2.45, 2.75) is 25.5 Å². The van der Waals surface area contributed by atoms with E-state index in [0.29, 0.717) is 23.9 Å². The summed E-state index contributed by atoms with van der Waals surface area (Å²) in [6, 6.07) is 10.9. The van der Waals surface area contributed by atoms with Crippen LogP contribution in [0, 0.1) is 0 Å². The minimum Gasteiger partial charge on any atom is -0.459 e. The molecule has 0 aliphatic carbocycles. The van der Waals surface area contributed by atoms with Crippen LogP contribution in [0.1, 0.15) is 29.0 Å². The molecule has 5 heteroatoms. The van der Waals surface area contributed by atoms with Crippen LogP contribution in [0.3, 0.4) is 0 Å². The second kappa shape index (κ2) is 6.99. The van der Waals surface area contributed by atoms with Gasteiger partial charge in [-0.2, -0.15) is 0 Å². The summed E-state index contributed by atoms with van der Waals surface area (Å²) in [5, 5.41) is 0.687. The van der Waals surface area contributed by atoms with Gasteiger partial charge in [-0.1, -0.05) is 23.7 Å². The lowest BCUT2D eigenvalue weighted by Gasteiger charge is -2.24. The third-order valence-electron chi connectivity index (χ3n) is 3.75. The first-order chi connectivity index (χ1) is 10.7. The monoisotopic (exact) mass is 319 g/mol. The minimum absolute atomic E-state index is 0.103. The molecule has 1 aliphatic heterocycles. The smallest absolute Gasteiger partial charge is 0.289 e. The highest BCUT2D eigenvalue weighted by molar-refractivity contribution is 6.30. The van der Waals surface area contributed by atoms with Crippen molar-refractivity contribution in [1.29, 1.82) is 0 Å². The Labute approximate surface area is 134 Å². The van der Waals surface area contributed by atoms with E-state index in [1.54, 1.807) is 17.0 Å². The number of carbonyl (C=O) groups excluding carboxylic acids is 1. The molecule has 3 rings (SSSR count). The van der Waals surface area contributed by atoms with E-state index >= 15 is 0 Å². The Hall–Kier alpha value is -1.78. The van der Waals surface area contributed by atoms with Gasteiger partial charge in [0, 0.05) is 24.7 Å². The summed E-state index contributed by atoms with van der Waals surface area (Å²) in [5.41, 5.74) is 1.03. The zero-order chi connectivity index (χ0) is 15.4. The summed E-state index contributed by atoms with van der Waals surface area (Å²) in [5.74, 6) is 0.238. The lowest BCUT2D eigenvalue weighted by Crippen LogP contribution is -2.36. The Morgan fingerprint density at radius 2 is 2.09 bits per heavy atom. The Kier molecular flexibility index (Phi) is 4.80. The van der Waals surface area contributed by atoms with Crippen LogP contribution in [0.4, 0.5) is 0 Å². The number of amides is 1. The summed E-state index contributed by atoms with van der Waals surface area (Å²) in [6.45, 7) is 1.85. The fourth-order valence-corrected chi connectivity index (χ4v) is 2.75. The second-order valence-electron chi connectivity index (χ2n) is 5.42. The highest BCUT2D eigenvalue weighted by Crippen LogP contribution is 2.18. The molecule has 1 aromatic heterocycles. The number of hydrogen-bond acceptors (Lipinski definition) is 3. The average molecular weight is 320 g/mol. The molecule has 0 radical (unpaired) electrons. The van der Waals surface area contributed by atoms with Gasteiger partial charge in [0.05, 0.1) is 12.4 Å². The predicted octanol–water partition coefficient (Wildman–Crippen LogP) is 3.75. The molecular weight excluding hydrogens is 302 g/mol. The van der Waals surface area contributed by atoms with E-state index in [9.17, 15) is 4.79 Å². The van der Waals surface area contributed by atoms with E-state index in [-0.39, 0.29) is 12.0 Å². The van der Waals surface area contributed by atoms with E-state index in [2.05, 4.69) is 0 Å². The van der Waals surface area contributed by atoms with Gasteiger partial charge >= 0.3 is 0 Å². The first-order valence-corrected chi connectivity index (χ1v) is 7.79. The molecule has 0 N–H and O–H groups in total. The Morgan fingerprint density at radius 1 is 1.27 bits per heavy atom. The predicted molar refractivity (Wildman–Crippen MR) is 83.9 cm³/mol. The molecule has 1 fully saturated rings. The van der Waals surface area contributed by atoms with Gasteiger partial charge in [0.2, 0.25) is 0 Å². The van der Waals surface area contributed by atoms with Crippen molar-refractivity contribution in [3.63, 3.8) is 0 Å². The van der Waals surface area contributed by atoms with Gasteiger partial charge < -0.3 is 14.1 Å². The Balaban J connectivity index is 1.75. The number of furan rings is 1. The first kappa shape index (κ1) is 15.1. The standard InChI is InChI=1S/C17H18ClNO3/c18-14-7-5-13(6-8-14)11-19(12-15-3-1-9-21-15)17(20)16-4-2-10-22-16/h2,4-8,10,15H,1,3,9,11-12H2. The van der Waals surface area contributed by atoms with Crippen LogP contribution >= 0.6 is 11.6 Å². The molecular formula is C17H18ClNO3. The zero-order valence-corrected chi connectivity index (χ0v) is 13.0. The van der Waals surface area contributed by atoms with Gasteiger partial charge in [-0.05, 0) is 42.7 Å². The summed E-state index contributed by atoms with van der Waals surface area (Å²) in [7, 11) is 0. The molecule has 4 nitrogen and oxygen atoms in total. The van der Waals surface area contributed by atoms with Crippen molar-refractivity contribution in [2.24, 2.45) is 0 Å². The van der Waals surface area contributed by atoms with Crippen LogP contribution in [0.15, 0.2) is 47.1 Å². The largest absolute Gasteiger partial charge is 0.459 e. The third-order valence-corrected chi connectivity index (χ3v) is 4.01. The maximum Gasteiger partial charge on any atom is 0.289 e. The maximum atomic E-state index is 12.6. The summed E-state index contributed by atoms with van der Waals surface area (Å²) >= 11 is 5.91. The van der Waals surface area contributed by atoms with Gasteiger partial charge in [-0.25, -0.2) is 0 Å². The molecule has 1 unspecified atom stereocenters. The molecule has 2 aromatic rings. The van der Waals surface area contributed by atoms with Gasteiger partial charge in [0.1, 0.15) is 0 Å². The molecule has 1 amide bonds. The van der Waals surface area contributed by atoms with E-state index in [4.69, 9.17) is 20.8 Å². The fraction of sp³-hybridized carbons (Fsp3) is 0.353. The third kappa shape index (κ3) is 3.70. The van der Waals surface area contributed by atoms with E-state index in [0.717, 1.165) is 25.0 Å². The van der Waals surface area contributed by atoms with Crippen molar-refractivity contribution in [2.75, 3.05) is 13.2 Å². The number of carbonyl (C=O) groups is 1. The topological polar surface area (TPSA) is 42.7 Å².